The number of thiophene rings is 1. The lowest BCUT2D eigenvalue weighted by atomic mass is 9.91. The summed E-state index contributed by atoms with van der Waals surface area (Å²) in [5, 5.41) is 13.3. The van der Waals surface area contributed by atoms with Gasteiger partial charge >= 0.3 is 5.97 Å². The summed E-state index contributed by atoms with van der Waals surface area (Å²) in [5.41, 5.74) is 2.19. The second-order valence-corrected chi connectivity index (χ2v) is 6.54. The zero-order valence-corrected chi connectivity index (χ0v) is 13.7. The third-order valence-electron chi connectivity index (χ3n) is 4.33. The molecule has 23 heavy (non-hydrogen) atoms. The Bertz CT molecular complexity index is 719. The van der Waals surface area contributed by atoms with Gasteiger partial charge in [0.1, 0.15) is 5.69 Å². The number of carbonyl (C=O) groups is 2. The minimum Gasteiger partial charge on any atom is -0.478 e. The third kappa shape index (κ3) is 3.27. The number of aryl methyl sites for hydroxylation is 1. The summed E-state index contributed by atoms with van der Waals surface area (Å²) in [6.07, 6.45) is 1.91. The topological polar surface area (TPSA) is 70.5 Å². The van der Waals surface area contributed by atoms with Gasteiger partial charge in [-0.15, -0.1) is 0 Å². The molecule has 0 aliphatic carbocycles. The van der Waals surface area contributed by atoms with Gasteiger partial charge in [0.2, 0.25) is 0 Å². The van der Waals surface area contributed by atoms with E-state index >= 15 is 0 Å². The van der Waals surface area contributed by atoms with Gasteiger partial charge < -0.3 is 10.0 Å². The molecular weight excluding hydrogens is 312 g/mol. The zero-order chi connectivity index (χ0) is 16.4. The lowest BCUT2D eigenvalue weighted by Crippen LogP contribution is -2.38. The molecule has 0 bridgehead atoms. The quantitative estimate of drug-likeness (QED) is 0.938. The molecule has 1 fully saturated rings. The Kier molecular flexibility index (Phi) is 4.43. The van der Waals surface area contributed by atoms with E-state index in [4.69, 9.17) is 5.11 Å². The van der Waals surface area contributed by atoms with Crippen molar-refractivity contribution >= 4 is 23.2 Å². The molecule has 2 aromatic heterocycles. The van der Waals surface area contributed by atoms with Crippen LogP contribution in [0.1, 0.15) is 50.9 Å². The first-order valence-electron chi connectivity index (χ1n) is 7.58. The Morgan fingerprint density at radius 1 is 1.26 bits per heavy atom. The summed E-state index contributed by atoms with van der Waals surface area (Å²) in [6, 6.07) is 5.11. The van der Waals surface area contributed by atoms with Crippen LogP contribution in [0.4, 0.5) is 0 Å². The number of carboxylic acid groups (broad SMARTS) is 1. The van der Waals surface area contributed by atoms with Gasteiger partial charge in [-0.25, -0.2) is 9.78 Å². The van der Waals surface area contributed by atoms with Crippen LogP contribution < -0.4 is 0 Å². The monoisotopic (exact) mass is 330 g/mol. The molecule has 0 spiro atoms. The number of carboxylic acids is 1. The Balaban J connectivity index is 1.68. The second kappa shape index (κ2) is 6.50. The van der Waals surface area contributed by atoms with Gasteiger partial charge in [-0.2, -0.15) is 11.3 Å². The van der Waals surface area contributed by atoms with Crippen LogP contribution in [0.15, 0.2) is 29.0 Å². The number of hydrogen-bond donors (Lipinski definition) is 1. The fraction of sp³-hybridized carbons (Fsp3) is 0.353. The highest BCUT2D eigenvalue weighted by Gasteiger charge is 2.25. The summed E-state index contributed by atoms with van der Waals surface area (Å²) in [6.45, 7) is 3.03. The van der Waals surface area contributed by atoms with Crippen LogP contribution in [-0.4, -0.2) is 40.0 Å². The Morgan fingerprint density at radius 3 is 2.57 bits per heavy atom. The van der Waals surface area contributed by atoms with Crippen molar-refractivity contribution in [1.82, 2.24) is 9.88 Å². The van der Waals surface area contributed by atoms with E-state index in [-0.39, 0.29) is 11.5 Å². The molecule has 3 heterocycles. The van der Waals surface area contributed by atoms with Crippen molar-refractivity contribution in [3.05, 3.63) is 51.5 Å². The summed E-state index contributed by atoms with van der Waals surface area (Å²) in [4.78, 5) is 29.5. The highest BCUT2D eigenvalue weighted by molar-refractivity contribution is 7.07. The molecule has 0 atom stereocenters. The molecule has 3 rings (SSSR count). The van der Waals surface area contributed by atoms with Crippen LogP contribution in [0.5, 0.6) is 0 Å². The largest absolute Gasteiger partial charge is 0.478 e. The molecule has 1 aliphatic rings. The molecule has 0 saturated carbocycles. The molecule has 6 heteroatoms. The van der Waals surface area contributed by atoms with Gasteiger partial charge in [-0.05, 0) is 60.2 Å². The maximum atomic E-state index is 12.5. The minimum atomic E-state index is -1.02. The Labute approximate surface area is 138 Å². The molecule has 2 aromatic rings. The van der Waals surface area contributed by atoms with E-state index in [9.17, 15) is 9.59 Å². The number of aromatic nitrogens is 1. The number of carbonyl (C=O) groups excluding carboxylic acids is 1. The van der Waals surface area contributed by atoms with Crippen LogP contribution in [0, 0.1) is 6.92 Å². The second-order valence-electron chi connectivity index (χ2n) is 5.76. The van der Waals surface area contributed by atoms with Crippen LogP contribution in [0.2, 0.25) is 0 Å². The third-order valence-corrected chi connectivity index (χ3v) is 5.03. The van der Waals surface area contributed by atoms with Crippen LogP contribution >= 0.6 is 11.3 Å². The number of aromatic carboxylic acids is 1. The number of rotatable bonds is 3. The molecule has 5 nitrogen and oxygen atoms in total. The van der Waals surface area contributed by atoms with E-state index < -0.39 is 5.97 Å². The van der Waals surface area contributed by atoms with Crippen LogP contribution in [0.25, 0.3) is 0 Å². The maximum Gasteiger partial charge on any atom is 0.337 e. The molecule has 0 aromatic carbocycles. The number of likely N-dealkylation sites (tertiary alicyclic amines) is 1. The highest BCUT2D eigenvalue weighted by Crippen LogP contribution is 2.29. The lowest BCUT2D eigenvalue weighted by Gasteiger charge is -2.31. The average molecular weight is 330 g/mol. The molecule has 0 unspecified atom stereocenters. The zero-order valence-electron chi connectivity index (χ0n) is 12.9. The van der Waals surface area contributed by atoms with Crippen molar-refractivity contribution in [2.24, 2.45) is 0 Å². The predicted octanol–water partition coefficient (Wildman–Crippen LogP) is 3.17. The van der Waals surface area contributed by atoms with E-state index in [0.29, 0.717) is 30.4 Å². The van der Waals surface area contributed by atoms with E-state index in [1.165, 1.54) is 17.7 Å². The Hall–Kier alpha value is -2.21. The van der Waals surface area contributed by atoms with Crippen molar-refractivity contribution in [3.63, 3.8) is 0 Å². The number of piperidine rings is 1. The smallest absolute Gasteiger partial charge is 0.337 e. The number of pyridine rings is 1. The van der Waals surface area contributed by atoms with Crippen molar-refractivity contribution < 1.29 is 14.7 Å². The van der Waals surface area contributed by atoms with E-state index in [1.54, 1.807) is 18.3 Å². The molecule has 1 aliphatic heterocycles. The van der Waals surface area contributed by atoms with Crippen LogP contribution in [0.3, 0.4) is 0 Å². The normalized spacial score (nSPS) is 15.6. The van der Waals surface area contributed by atoms with Gasteiger partial charge in [-0.3, -0.25) is 4.79 Å². The molecule has 0 radical (unpaired) electrons. The van der Waals surface area contributed by atoms with Gasteiger partial charge in [0.05, 0.1) is 11.3 Å². The average Bonchev–Trinajstić information content (AvgIpc) is 3.08. The summed E-state index contributed by atoms with van der Waals surface area (Å²) in [5.74, 6) is -0.617. The minimum absolute atomic E-state index is 0.117. The van der Waals surface area contributed by atoms with E-state index in [2.05, 4.69) is 21.8 Å². The summed E-state index contributed by atoms with van der Waals surface area (Å²) in [7, 11) is 0. The van der Waals surface area contributed by atoms with Gasteiger partial charge in [0, 0.05) is 13.1 Å². The maximum absolute atomic E-state index is 12.5. The van der Waals surface area contributed by atoms with Crippen molar-refractivity contribution in [2.75, 3.05) is 13.1 Å². The Morgan fingerprint density at radius 2 is 2.00 bits per heavy atom. The molecule has 1 N–H and O–H groups in total. The van der Waals surface area contributed by atoms with Crippen molar-refractivity contribution in [2.45, 2.75) is 25.7 Å². The first kappa shape index (κ1) is 15.7. The lowest BCUT2D eigenvalue weighted by molar-refractivity contribution is 0.0684. The van der Waals surface area contributed by atoms with Crippen molar-refractivity contribution in [1.29, 1.82) is 0 Å². The van der Waals surface area contributed by atoms with Gasteiger partial charge in [0.15, 0.2) is 0 Å². The van der Waals surface area contributed by atoms with E-state index in [0.717, 1.165) is 12.8 Å². The number of hydrogen-bond acceptors (Lipinski definition) is 4. The predicted molar refractivity (Wildman–Crippen MR) is 88.1 cm³/mol. The first-order valence-corrected chi connectivity index (χ1v) is 8.53. The summed E-state index contributed by atoms with van der Waals surface area (Å²) >= 11 is 1.70. The fourth-order valence-corrected chi connectivity index (χ4v) is 3.73. The first-order chi connectivity index (χ1) is 11.1. The van der Waals surface area contributed by atoms with Gasteiger partial charge in [-0.1, -0.05) is 0 Å². The van der Waals surface area contributed by atoms with Crippen LogP contribution in [-0.2, 0) is 0 Å². The van der Waals surface area contributed by atoms with Gasteiger partial charge in [0.25, 0.3) is 5.91 Å². The molecule has 1 amide bonds. The molecule has 120 valence electrons. The number of nitrogens with zero attached hydrogens (tertiary/aromatic N) is 2. The highest BCUT2D eigenvalue weighted by atomic mass is 32.1. The fourth-order valence-electron chi connectivity index (χ4n) is 2.99. The molecular formula is C17H18N2O3S. The molecule has 1 saturated heterocycles. The van der Waals surface area contributed by atoms with Crippen molar-refractivity contribution in [3.8, 4) is 0 Å². The number of amides is 1. The van der Waals surface area contributed by atoms with E-state index in [1.807, 2.05) is 4.90 Å². The standard InChI is InChI=1S/C17H18N2O3S/c1-11-14(17(21)22)2-3-15(18-11)16(20)19-7-4-12(5-8-19)13-6-9-23-10-13/h2-3,6,9-10,12H,4-5,7-8H2,1H3,(H,21,22). The SMILES string of the molecule is Cc1nc(C(=O)N2CCC(c3ccsc3)CC2)ccc1C(=O)O. The summed E-state index contributed by atoms with van der Waals surface area (Å²) < 4.78 is 0.